The summed E-state index contributed by atoms with van der Waals surface area (Å²) in [6, 6.07) is 4.34. The van der Waals surface area contributed by atoms with Crippen molar-refractivity contribution < 1.29 is 9.18 Å². The molecule has 3 nitrogen and oxygen atoms in total. The first-order valence-electron chi connectivity index (χ1n) is 5.46. The van der Waals surface area contributed by atoms with Gasteiger partial charge in [-0.3, -0.25) is 4.79 Å². The Morgan fingerprint density at radius 3 is 2.76 bits per heavy atom. The van der Waals surface area contributed by atoms with E-state index in [1.807, 2.05) is 0 Å². The quantitative estimate of drug-likeness (QED) is 0.902. The molecule has 1 aromatic carbocycles. The highest BCUT2D eigenvalue weighted by Gasteiger charge is 2.44. The molecule has 5 heteroatoms. The van der Waals surface area contributed by atoms with Crippen LogP contribution in [0.2, 0.25) is 0 Å². The minimum Gasteiger partial charge on any atom is -0.324 e. The average Bonchev–Trinajstić information content (AvgIpc) is 3.07. The van der Waals surface area contributed by atoms with Gasteiger partial charge in [-0.05, 0) is 59.8 Å². The van der Waals surface area contributed by atoms with Gasteiger partial charge in [0.05, 0.1) is 10.0 Å². The van der Waals surface area contributed by atoms with Crippen LogP contribution in [0.4, 0.5) is 10.1 Å². The number of halogens is 2. The Hall–Kier alpha value is -0.940. The van der Waals surface area contributed by atoms with Gasteiger partial charge in [0.25, 0.3) is 0 Å². The Morgan fingerprint density at radius 2 is 2.24 bits per heavy atom. The number of hydrogen-bond acceptors (Lipinski definition) is 2. The van der Waals surface area contributed by atoms with Crippen molar-refractivity contribution >= 4 is 27.5 Å². The molecular formula is C12H14BrFN2O. The minimum atomic E-state index is -0.846. The van der Waals surface area contributed by atoms with E-state index < -0.39 is 5.54 Å². The van der Waals surface area contributed by atoms with Crippen molar-refractivity contribution in [3.63, 3.8) is 0 Å². The Balaban J connectivity index is 2.10. The standard InChI is InChI=1S/C12H14BrFN2O/c1-12(15,7-2-3-7)11(17)16-8-4-5-10(14)9(13)6-8/h4-7H,2-3,15H2,1H3,(H,16,17). The van der Waals surface area contributed by atoms with E-state index in [0.717, 1.165) is 12.8 Å². The molecule has 0 heterocycles. The van der Waals surface area contributed by atoms with E-state index in [1.54, 1.807) is 6.92 Å². The fourth-order valence-corrected chi connectivity index (χ4v) is 2.09. The molecule has 1 aliphatic rings. The van der Waals surface area contributed by atoms with Crippen LogP contribution >= 0.6 is 15.9 Å². The number of nitrogens with one attached hydrogen (secondary N) is 1. The largest absolute Gasteiger partial charge is 0.324 e. The number of nitrogens with two attached hydrogens (primary N) is 1. The van der Waals surface area contributed by atoms with Crippen LogP contribution in [-0.2, 0) is 4.79 Å². The van der Waals surface area contributed by atoms with Gasteiger partial charge in [0.15, 0.2) is 0 Å². The average molecular weight is 301 g/mol. The van der Waals surface area contributed by atoms with Gasteiger partial charge in [-0.25, -0.2) is 4.39 Å². The van der Waals surface area contributed by atoms with E-state index in [2.05, 4.69) is 21.2 Å². The fourth-order valence-electron chi connectivity index (χ4n) is 1.71. The van der Waals surface area contributed by atoms with Crippen molar-refractivity contribution in [3.8, 4) is 0 Å². The van der Waals surface area contributed by atoms with Crippen LogP contribution < -0.4 is 11.1 Å². The van der Waals surface area contributed by atoms with Gasteiger partial charge in [-0.1, -0.05) is 0 Å². The first-order chi connectivity index (χ1) is 7.91. The summed E-state index contributed by atoms with van der Waals surface area (Å²) in [6.45, 7) is 1.73. The fraction of sp³-hybridized carbons (Fsp3) is 0.417. The van der Waals surface area contributed by atoms with Gasteiger partial charge in [-0.15, -0.1) is 0 Å². The second kappa shape index (κ2) is 4.38. The van der Waals surface area contributed by atoms with Gasteiger partial charge in [0, 0.05) is 5.69 Å². The van der Waals surface area contributed by atoms with Gasteiger partial charge in [0.1, 0.15) is 5.82 Å². The molecule has 1 atom stereocenters. The van der Waals surface area contributed by atoms with Crippen molar-refractivity contribution in [1.29, 1.82) is 0 Å². The summed E-state index contributed by atoms with van der Waals surface area (Å²) in [4.78, 5) is 12.0. The number of carbonyl (C=O) groups excluding carboxylic acids is 1. The molecule has 1 saturated carbocycles. The predicted octanol–water partition coefficient (Wildman–Crippen LogP) is 2.65. The molecule has 3 N–H and O–H groups in total. The maximum atomic E-state index is 13.0. The van der Waals surface area contributed by atoms with Crippen molar-refractivity contribution in [2.24, 2.45) is 11.7 Å². The summed E-state index contributed by atoms with van der Waals surface area (Å²) in [5, 5.41) is 2.71. The molecule has 0 bridgehead atoms. The first kappa shape index (κ1) is 12.5. The van der Waals surface area contributed by atoms with E-state index >= 15 is 0 Å². The maximum absolute atomic E-state index is 13.0. The highest BCUT2D eigenvalue weighted by molar-refractivity contribution is 9.10. The Morgan fingerprint density at radius 1 is 1.59 bits per heavy atom. The monoisotopic (exact) mass is 300 g/mol. The lowest BCUT2D eigenvalue weighted by Crippen LogP contribution is -2.50. The number of anilines is 1. The summed E-state index contributed by atoms with van der Waals surface area (Å²) < 4.78 is 13.3. The molecule has 0 spiro atoms. The van der Waals surface area contributed by atoms with E-state index in [0.29, 0.717) is 10.2 Å². The Bertz CT molecular complexity index is 458. The molecule has 0 saturated heterocycles. The zero-order valence-corrected chi connectivity index (χ0v) is 11.1. The number of rotatable bonds is 3. The Kier molecular flexibility index (Phi) is 3.23. The van der Waals surface area contributed by atoms with Gasteiger partial charge < -0.3 is 11.1 Å². The van der Waals surface area contributed by atoms with Crippen molar-refractivity contribution in [2.45, 2.75) is 25.3 Å². The van der Waals surface area contributed by atoms with Crippen LogP contribution in [0, 0.1) is 11.7 Å². The lowest BCUT2D eigenvalue weighted by Gasteiger charge is -2.23. The van der Waals surface area contributed by atoms with E-state index in [4.69, 9.17) is 5.73 Å². The molecule has 1 amide bonds. The van der Waals surface area contributed by atoms with Crippen LogP contribution in [-0.4, -0.2) is 11.4 Å². The zero-order valence-electron chi connectivity index (χ0n) is 9.47. The maximum Gasteiger partial charge on any atom is 0.244 e. The highest BCUT2D eigenvalue weighted by atomic mass is 79.9. The number of hydrogen-bond donors (Lipinski definition) is 2. The Labute approximate surface area is 108 Å². The molecule has 0 aliphatic heterocycles. The lowest BCUT2D eigenvalue weighted by molar-refractivity contribution is -0.121. The third-order valence-electron chi connectivity index (χ3n) is 3.09. The van der Waals surface area contributed by atoms with E-state index in [9.17, 15) is 9.18 Å². The summed E-state index contributed by atoms with van der Waals surface area (Å²) >= 11 is 3.07. The predicted molar refractivity (Wildman–Crippen MR) is 68.0 cm³/mol. The molecule has 17 heavy (non-hydrogen) atoms. The summed E-state index contributed by atoms with van der Waals surface area (Å²) in [5.74, 6) is -0.328. The van der Waals surface area contributed by atoms with E-state index in [1.165, 1.54) is 18.2 Å². The molecule has 1 unspecified atom stereocenters. The number of amides is 1. The second-order valence-corrected chi connectivity index (χ2v) is 5.49. The van der Waals surface area contributed by atoms with E-state index in [-0.39, 0.29) is 17.6 Å². The van der Waals surface area contributed by atoms with Crippen molar-refractivity contribution in [1.82, 2.24) is 0 Å². The van der Waals surface area contributed by atoms with Crippen molar-refractivity contribution in [3.05, 3.63) is 28.5 Å². The lowest BCUT2D eigenvalue weighted by atomic mass is 9.96. The minimum absolute atomic E-state index is 0.224. The molecule has 1 aromatic rings. The molecule has 1 fully saturated rings. The number of benzene rings is 1. The van der Waals surface area contributed by atoms with Crippen LogP contribution in [0.25, 0.3) is 0 Å². The molecular weight excluding hydrogens is 287 g/mol. The van der Waals surface area contributed by atoms with Gasteiger partial charge >= 0.3 is 0 Å². The molecule has 0 aromatic heterocycles. The summed E-state index contributed by atoms with van der Waals surface area (Å²) in [6.07, 6.45) is 1.99. The van der Waals surface area contributed by atoms with Crippen molar-refractivity contribution in [2.75, 3.05) is 5.32 Å². The molecule has 2 rings (SSSR count). The topological polar surface area (TPSA) is 55.1 Å². The van der Waals surface area contributed by atoms with Crippen LogP contribution in [0.1, 0.15) is 19.8 Å². The second-order valence-electron chi connectivity index (χ2n) is 4.64. The van der Waals surface area contributed by atoms with Crippen LogP contribution in [0.5, 0.6) is 0 Å². The SMILES string of the molecule is CC(N)(C(=O)Nc1ccc(F)c(Br)c1)C1CC1. The summed E-state index contributed by atoms with van der Waals surface area (Å²) in [5.41, 5.74) is 5.68. The molecule has 0 radical (unpaired) electrons. The highest BCUT2D eigenvalue weighted by Crippen LogP contribution is 2.38. The van der Waals surface area contributed by atoms with Crippen LogP contribution in [0.3, 0.4) is 0 Å². The normalized spacial score (nSPS) is 18.6. The smallest absolute Gasteiger partial charge is 0.244 e. The first-order valence-corrected chi connectivity index (χ1v) is 6.26. The zero-order chi connectivity index (χ0) is 12.6. The van der Waals surface area contributed by atoms with Gasteiger partial charge in [-0.2, -0.15) is 0 Å². The number of carbonyl (C=O) groups is 1. The molecule has 1 aliphatic carbocycles. The third kappa shape index (κ3) is 2.66. The third-order valence-corrected chi connectivity index (χ3v) is 3.70. The molecule has 92 valence electrons. The van der Waals surface area contributed by atoms with Crippen LogP contribution in [0.15, 0.2) is 22.7 Å². The van der Waals surface area contributed by atoms with Gasteiger partial charge in [0.2, 0.25) is 5.91 Å². The summed E-state index contributed by atoms with van der Waals surface area (Å²) in [7, 11) is 0.